The summed E-state index contributed by atoms with van der Waals surface area (Å²) in [5.41, 5.74) is 2.66. The standard InChI is InChI=1S/C27H30FN3O3/c1-3-30(4-2)27(34)25(32)20-7-10-24-22(16-20)23(17-29-24)26(33)31-13-11-19(12-14-31)15-18-5-8-21(28)9-6-18/h5-10,16-17,19,29H,3-4,11-15H2,1-2H3. The molecule has 1 saturated heterocycles. The van der Waals surface area contributed by atoms with Crippen molar-refractivity contribution in [3.05, 3.63) is 71.2 Å². The van der Waals surface area contributed by atoms with Crippen LogP contribution in [0, 0.1) is 11.7 Å². The number of carbonyl (C=O) groups excluding carboxylic acids is 3. The van der Waals surface area contributed by atoms with E-state index < -0.39 is 11.7 Å². The zero-order chi connectivity index (χ0) is 24.2. The number of amides is 2. The summed E-state index contributed by atoms with van der Waals surface area (Å²) < 4.78 is 13.1. The van der Waals surface area contributed by atoms with Gasteiger partial charge in [-0.25, -0.2) is 4.39 Å². The van der Waals surface area contributed by atoms with Gasteiger partial charge in [0, 0.05) is 48.8 Å². The van der Waals surface area contributed by atoms with Crippen LogP contribution in [0.2, 0.25) is 0 Å². The predicted octanol–water partition coefficient (Wildman–Crippen LogP) is 4.45. The Bertz CT molecular complexity index is 1190. The van der Waals surface area contributed by atoms with Gasteiger partial charge in [0.05, 0.1) is 5.56 Å². The number of halogens is 1. The van der Waals surface area contributed by atoms with Crippen LogP contribution < -0.4 is 0 Å². The molecule has 1 N–H and O–H groups in total. The van der Waals surface area contributed by atoms with Gasteiger partial charge in [0.1, 0.15) is 5.82 Å². The van der Waals surface area contributed by atoms with Crippen molar-refractivity contribution in [2.45, 2.75) is 33.1 Å². The van der Waals surface area contributed by atoms with Gasteiger partial charge in [-0.3, -0.25) is 14.4 Å². The summed E-state index contributed by atoms with van der Waals surface area (Å²) in [6.07, 6.45) is 4.32. The van der Waals surface area contributed by atoms with Crippen LogP contribution in [0.25, 0.3) is 10.9 Å². The summed E-state index contributed by atoms with van der Waals surface area (Å²) in [6.45, 7) is 5.91. The van der Waals surface area contributed by atoms with Crippen molar-refractivity contribution in [3.63, 3.8) is 0 Å². The Morgan fingerprint density at radius 3 is 2.35 bits per heavy atom. The molecule has 178 valence electrons. The summed E-state index contributed by atoms with van der Waals surface area (Å²) in [7, 11) is 0. The molecule has 0 atom stereocenters. The first-order valence-corrected chi connectivity index (χ1v) is 11.9. The number of benzene rings is 2. The molecule has 1 fully saturated rings. The molecule has 0 aliphatic carbocycles. The average Bonchev–Trinajstić information content (AvgIpc) is 3.29. The van der Waals surface area contributed by atoms with Gasteiger partial charge in [0.2, 0.25) is 5.78 Å². The second-order valence-corrected chi connectivity index (χ2v) is 8.84. The van der Waals surface area contributed by atoms with Crippen molar-refractivity contribution in [2.24, 2.45) is 5.92 Å². The number of ketones is 1. The first-order chi connectivity index (χ1) is 16.4. The highest BCUT2D eigenvalue weighted by atomic mass is 19.1. The summed E-state index contributed by atoms with van der Waals surface area (Å²) in [4.78, 5) is 45.0. The first kappa shape index (κ1) is 23.7. The zero-order valence-electron chi connectivity index (χ0n) is 19.6. The number of fused-ring (bicyclic) bond motifs is 1. The zero-order valence-corrected chi connectivity index (χ0v) is 19.6. The third kappa shape index (κ3) is 4.88. The lowest BCUT2D eigenvalue weighted by Crippen LogP contribution is -2.38. The quantitative estimate of drug-likeness (QED) is 0.416. The third-order valence-corrected chi connectivity index (χ3v) is 6.76. The van der Waals surface area contributed by atoms with Crippen molar-refractivity contribution < 1.29 is 18.8 Å². The second-order valence-electron chi connectivity index (χ2n) is 8.84. The van der Waals surface area contributed by atoms with Crippen LogP contribution in [0.3, 0.4) is 0 Å². The van der Waals surface area contributed by atoms with Crippen molar-refractivity contribution >= 4 is 28.5 Å². The number of likely N-dealkylation sites (tertiary alicyclic amines) is 1. The summed E-state index contributed by atoms with van der Waals surface area (Å²) in [5.74, 6) is -0.952. The molecule has 2 aromatic carbocycles. The molecule has 0 spiro atoms. The Hall–Kier alpha value is -3.48. The lowest BCUT2D eigenvalue weighted by Gasteiger charge is -2.32. The monoisotopic (exact) mass is 463 g/mol. The number of nitrogens with one attached hydrogen (secondary N) is 1. The van der Waals surface area contributed by atoms with Crippen LogP contribution in [0.15, 0.2) is 48.7 Å². The Balaban J connectivity index is 1.45. The topological polar surface area (TPSA) is 73.5 Å². The van der Waals surface area contributed by atoms with E-state index in [2.05, 4.69) is 4.98 Å². The molecule has 1 aliphatic rings. The lowest BCUT2D eigenvalue weighted by atomic mass is 9.90. The van der Waals surface area contributed by atoms with E-state index in [1.54, 1.807) is 24.4 Å². The fraction of sp³-hybridized carbons (Fsp3) is 0.370. The summed E-state index contributed by atoms with van der Waals surface area (Å²) in [5, 5.41) is 0.650. The minimum Gasteiger partial charge on any atom is -0.360 e. The number of rotatable bonds is 7. The van der Waals surface area contributed by atoms with Crippen molar-refractivity contribution in [2.75, 3.05) is 26.2 Å². The molecule has 3 aromatic rings. The fourth-order valence-electron chi connectivity index (χ4n) is 4.68. The van der Waals surface area contributed by atoms with Gasteiger partial charge in [0.25, 0.3) is 11.8 Å². The lowest BCUT2D eigenvalue weighted by molar-refractivity contribution is -0.126. The smallest absolute Gasteiger partial charge is 0.294 e. The van der Waals surface area contributed by atoms with Crippen LogP contribution in [0.4, 0.5) is 4.39 Å². The second kappa shape index (κ2) is 10.2. The number of Topliss-reactive ketones (excluding diaryl/α,β-unsaturated/α-hetero) is 1. The molecule has 4 rings (SSSR count). The number of nitrogens with zero attached hydrogens (tertiary/aromatic N) is 2. The fourth-order valence-corrected chi connectivity index (χ4v) is 4.68. The number of aromatic nitrogens is 1. The number of H-pyrrole nitrogens is 1. The maximum Gasteiger partial charge on any atom is 0.294 e. The SMILES string of the molecule is CCN(CC)C(=O)C(=O)c1ccc2[nH]cc(C(=O)N3CCC(Cc4ccc(F)cc4)CC3)c2c1. The van der Waals surface area contributed by atoms with Crippen molar-refractivity contribution in [1.29, 1.82) is 0 Å². The molecule has 34 heavy (non-hydrogen) atoms. The van der Waals surface area contributed by atoms with Crippen LogP contribution in [-0.2, 0) is 11.2 Å². The Kier molecular flexibility index (Phi) is 7.10. The Labute approximate surface area is 198 Å². The highest BCUT2D eigenvalue weighted by Crippen LogP contribution is 2.26. The molecule has 1 aliphatic heterocycles. The molecule has 7 heteroatoms. The van der Waals surface area contributed by atoms with E-state index in [0.29, 0.717) is 43.0 Å². The molecule has 0 radical (unpaired) electrons. The first-order valence-electron chi connectivity index (χ1n) is 11.9. The van der Waals surface area contributed by atoms with E-state index in [9.17, 15) is 18.8 Å². The molecule has 2 amide bonds. The minimum absolute atomic E-state index is 0.0776. The highest BCUT2D eigenvalue weighted by molar-refractivity contribution is 6.43. The Morgan fingerprint density at radius 2 is 1.71 bits per heavy atom. The minimum atomic E-state index is -0.563. The molecular weight excluding hydrogens is 433 g/mol. The highest BCUT2D eigenvalue weighted by Gasteiger charge is 2.27. The van der Waals surface area contributed by atoms with E-state index in [-0.39, 0.29) is 17.3 Å². The van der Waals surface area contributed by atoms with E-state index in [4.69, 9.17) is 0 Å². The van der Waals surface area contributed by atoms with E-state index in [1.807, 2.05) is 30.9 Å². The summed E-state index contributed by atoms with van der Waals surface area (Å²) in [6, 6.07) is 11.6. The van der Waals surface area contributed by atoms with E-state index in [0.717, 1.165) is 30.3 Å². The van der Waals surface area contributed by atoms with Crippen LogP contribution in [0.5, 0.6) is 0 Å². The van der Waals surface area contributed by atoms with Gasteiger partial charge >= 0.3 is 0 Å². The largest absolute Gasteiger partial charge is 0.360 e. The predicted molar refractivity (Wildman–Crippen MR) is 129 cm³/mol. The Morgan fingerprint density at radius 1 is 1.03 bits per heavy atom. The third-order valence-electron chi connectivity index (χ3n) is 6.76. The van der Waals surface area contributed by atoms with E-state index >= 15 is 0 Å². The van der Waals surface area contributed by atoms with Gasteiger partial charge in [0.15, 0.2) is 0 Å². The number of likely N-dealkylation sites (N-methyl/N-ethyl adjacent to an activating group) is 1. The number of hydrogen-bond donors (Lipinski definition) is 1. The molecular formula is C27H30FN3O3. The number of aromatic amines is 1. The normalized spacial score (nSPS) is 14.4. The van der Waals surface area contributed by atoms with Gasteiger partial charge < -0.3 is 14.8 Å². The van der Waals surface area contributed by atoms with Gasteiger partial charge in [-0.05, 0) is 74.9 Å². The molecule has 2 heterocycles. The van der Waals surface area contributed by atoms with Crippen molar-refractivity contribution in [1.82, 2.24) is 14.8 Å². The number of piperidine rings is 1. The van der Waals surface area contributed by atoms with E-state index in [1.165, 1.54) is 17.0 Å². The molecule has 0 bridgehead atoms. The van der Waals surface area contributed by atoms with Gasteiger partial charge in [-0.15, -0.1) is 0 Å². The molecule has 0 unspecified atom stereocenters. The van der Waals surface area contributed by atoms with Gasteiger partial charge in [-0.2, -0.15) is 0 Å². The number of hydrogen-bond acceptors (Lipinski definition) is 3. The van der Waals surface area contributed by atoms with Crippen LogP contribution >= 0.6 is 0 Å². The van der Waals surface area contributed by atoms with Crippen LogP contribution in [-0.4, -0.2) is 58.6 Å². The summed E-state index contributed by atoms with van der Waals surface area (Å²) >= 11 is 0. The van der Waals surface area contributed by atoms with Crippen molar-refractivity contribution in [3.8, 4) is 0 Å². The molecule has 6 nitrogen and oxygen atoms in total. The van der Waals surface area contributed by atoms with Gasteiger partial charge in [-0.1, -0.05) is 12.1 Å². The van der Waals surface area contributed by atoms with Crippen LogP contribution in [0.1, 0.15) is 53.0 Å². The maximum absolute atomic E-state index is 13.3. The number of carbonyl (C=O) groups is 3. The molecule has 1 aromatic heterocycles. The maximum atomic E-state index is 13.3. The average molecular weight is 464 g/mol. The molecule has 0 saturated carbocycles.